The quantitative estimate of drug-likeness (QED) is 0.794. The molecule has 0 amide bonds. The van der Waals surface area contributed by atoms with Crippen molar-refractivity contribution in [1.82, 2.24) is 0 Å². The van der Waals surface area contributed by atoms with Crippen LogP contribution in [0.25, 0.3) is 0 Å². The summed E-state index contributed by atoms with van der Waals surface area (Å²) in [5.74, 6) is -1.05. The fraction of sp³-hybridized carbons (Fsp3) is 0.316. The van der Waals surface area contributed by atoms with Gasteiger partial charge in [-0.3, -0.25) is 0 Å². The molecule has 0 saturated heterocycles. The normalized spacial score (nSPS) is 10.5. The predicted molar refractivity (Wildman–Crippen MR) is 92.6 cm³/mol. The highest BCUT2D eigenvalue weighted by molar-refractivity contribution is 5.87. The molecule has 128 valence electrons. The lowest BCUT2D eigenvalue weighted by molar-refractivity contribution is 0.0696. The number of anilines is 1. The summed E-state index contributed by atoms with van der Waals surface area (Å²) in [7, 11) is 1.45. The Morgan fingerprint density at radius 2 is 2.04 bits per heavy atom. The Bertz CT molecular complexity index is 703. The zero-order chi connectivity index (χ0) is 17.5. The molecule has 0 radical (unpaired) electrons. The summed E-state index contributed by atoms with van der Waals surface area (Å²) in [5, 5.41) is 9.03. The molecule has 4 nitrogen and oxygen atoms in total. The third-order valence-electron chi connectivity index (χ3n) is 3.95. The molecular weight excluding hydrogens is 309 g/mol. The molecule has 0 aliphatic carbocycles. The van der Waals surface area contributed by atoms with Crippen molar-refractivity contribution in [1.29, 1.82) is 0 Å². The number of methoxy groups -OCH3 is 1. The van der Waals surface area contributed by atoms with Gasteiger partial charge in [-0.1, -0.05) is 12.1 Å². The molecule has 2 aromatic carbocycles. The van der Waals surface area contributed by atoms with Crippen LogP contribution in [0.3, 0.4) is 0 Å². The zero-order valence-corrected chi connectivity index (χ0v) is 14.0. The number of ether oxygens (including phenoxy) is 1. The molecule has 0 spiro atoms. The van der Waals surface area contributed by atoms with Gasteiger partial charge < -0.3 is 14.7 Å². The Hall–Kier alpha value is -2.56. The van der Waals surface area contributed by atoms with E-state index in [1.807, 2.05) is 13.0 Å². The molecule has 5 heteroatoms. The minimum absolute atomic E-state index is 0.236. The average molecular weight is 331 g/mol. The first-order valence-electron chi connectivity index (χ1n) is 7.96. The van der Waals surface area contributed by atoms with Crippen LogP contribution < -0.4 is 9.64 Å². The molecule has 0 unspecified atom stereocenters. The molecule has 0 aromatic heterocycles. The van der Waals surface area contributed by atoms with E-state index < -0.39 is 5.97 Å². The highest BCUT2D eigenvalue weighted by Gasteiger charge is 2.09. The van der Waals surface area contributed by atoms with Crippen LogP contribution in [0.1, 0.15) is 29.3 Å². The summed E-state index contributed by atoms with van der Waals surface area (Å²) in [6.07, 6.45) is 1.66. The number of carboxylic acids is 1. The van der Waals surface area contributed by atoms with Crippen LogP contribution in [0.4, 0.5) is 10.1 Å². The van der Waals surface area contributed by atoms with Gasteiger partial charge >= 0.3 is 5.97 Å². The largest absolute Gasteiger partial charge is 0.494 e. The number of aromatic carboxylic acids is 1. The fourth-order valence-corrected chi connectivity index (χ4v) is 2.65. The van der Waals surface area contributed by atoms with E-state index in [1.165, 1.54) is 13.2 Å². The van der Waals surface area contributed by atoms with E-state index in [0.29, 0.717) is 5.56 Å². The minimum atomic E-state index is -0.912. The number of nitrogens with zero attached hydrogens (tertiary/aromatic N) is 1. The van der Waals surface area contributed by atoms with E-state index in [-0.39, 0.29) is 11.6 Å². The summed E-state index contributed by atoms with van der Waals surface area (Å²) < 4.78 is 18.6. The first-order valence-corrected chi connectivity index (χ1v) is 7.96. The molecule has 0 heterocycles. The number of benzene rings is 2. The first kappa shape index (κ1) is 17.8. The third kappa shape index (κ3) is 4.47. The van der Waals surface area contributed by atoms with Crippen molar-refractivity contribution in [2.75, 3.05) is 25.1 Å². The number of carboxylic acid groups (broad SMARTS) is 1. The molecule has 2 rings (SSSR count). The monoisotopic (exact) mass is 331 g/mol. The van der Waals surface area contributed by atoms with Gasteiger partial charge in [-0.25, -0.2) is 9.18 Å². The van der Waals surface area contributed by atoms with E-state index in [1.54, 1.807) is 30.3 Å². The van der Waals surface area contributed by atoms with Crippen molar-refractivity contribution in [3.8, 4) is 5.75 Å². The average Bonchev–Trinajstić information content (AvgIpc) is 2.59. The molecule has 0 saturated carbocycles. The Labute approximate surface area is 141 Å². The lowest BCUT2D eigenvalue weighted by atomic mass is 10.1. The van der Waals surface area contributed by atoms with Crippen LogP contribution in [0.15, 0.2) is 42.5 Å². The molecule has 0 aliphatic rings. The Balaban J connectivity index is 1.99. The molecule has 0 bridgehead atoms. The number of aryl methyl sites for hydroxylation is 1. The summed E-state index contributed by atoms with van der Waals surface area (Å²) in [4.78, 5) is 13.1. The van der Waals surface area contributed by atoms with Gasteiger partial charge in [0.25, 0.3) is 0 Å². The van der Waals surface area contributed by atoms with Gasteiger partial charge in [0.1, 0.15) is 0 Å². The Morgan fingerprint density at radius 3 is 2.71 bits per heavy atom. The van der Waals surface area contributed by atoms with Crippen LogP contribution >= 0.6 is 0 Å². The predicted octanol–water partition coefficient (Wildman–Crippen LogP) is 3.99. The van der Waals surface area contributed by atoms with Crippen molar-refractivity contribution in [2.45, 2.75) is 19.8 Å². The summed E-state index contributed by atoms with van der Waals surface area (Å²) in [6.45, 7) is 3.63. The van der Waals surface area contributed by atoms with Crippen molar-refractivity contribution in [2.24, 2.45) is 0 Å². The molecule has 2 aromatic rings. The highest BCUT2D eigenvalue weighted by atomic mass is 19.1. The van der Waals surface area contributed by atoms with Gasteiger partial charge in [0.15, 0.2) is 11.6 Å². The van der Waals surface area contributed by atoms with Crippen LogP contribution in [-0.4, -0.2) is 31.3 Å². The summed E-state index contributed by atoms with van der Waals surface area (Å²) >= 11 is 0. The maximum absolute atomic E-state index is 13.5. The third-order valence-corrected chi connectivity index (χ3v) is 3.95. The molecular formula is C19H22FNO3. The maximum Gasteiger partial charge on any atom is 0.335 e. The Kier molecular flexibility index (Phi) is 6.18. The number of halogens is 1. The molecule has 0 fully saturated rings. The SMILES string of the molecule is CCN(CCCc1cccc(C(=O)O)c1)c1ccc(F)c(OC)c1. The smallest absolute Gasteiger partial charge is 0.335 e. The van der Waals surface area contributed by atoms with Gasteiger partial charge in [0, 0.05) is 24.8 Å². The van der Waals surface area contributed by atoms with Crippen molar-refractivity contribution < 1.29 is 19.0 Å². The molecule has 0 atom stereocenters. The van der Waals surface area contributed by atoms with Gasteiger partial charge in [-0.2, -0.15) is 0 Å². The van der Waals surface area contributed by atoms with Crippen LogP contribution in [-0.2, 0) is 6.42 Å². The molecule has 24 heavy (non-hydrogen) atoms. The van der Waals surface area contributed by atoms with E-state index in [0.717, 1.165) is 37.2 Å². The van der Waals surface area contributed by atoms with Crippen LogP contribution in [0.2, 0.25) is 0 Å². The Morgan fingerprint density at radius 1 is 1.25 bits per heavy atom. The lowest BCUT2D eigenvalue weighted by Gasteiger charge is -2.23. The van der Waals surface area contributed by atoms with Crippen molar-refractivity contribution in [3.05, 3.63) is 59.4 Å². The number of hydrogen-bond acceptors (Lipinski definition) is 3. The molecule has 1 N–H and O–H groups in total. The highest BCUT2D eigenvalue weighted by Crippen LogP contribution is 2.24. The lowest BCUT2D eigenvalue weighted by Crippen LogP contribution is -2.24. The van der Waals surface area contributed by atoms with E-state index >= 15 is 0 Å². The van der Waals surface area contributed by atoms with Gasteiger partial charge in [0.05, 0.1) is 12.7 Å². The zero-order valence-electron chi connectivity index (χ0n) is 14.0. The standard InChI is InChI=1S/C19H22FNO3/c1-3-21(16-9-10-17(20)18(13-16)24-2)11-5-7-14-6-4-8-15(12-14)19(22)23/h4,6,8-10,12-13H,3,5,7,11H2,1-2H3,(H,22,23). The van der Waals surface area contributed by atoms with Crippen molar-refractivity contribution >= 4 is 11.7 Å². The number of rotatable bonds is 8. The van der Waals surface area contributed by atoms with E-state index in [2.05, 4.69) is 4.90 Å². The second kappa shape index (κ2) is 8.34. The molecule has 0 aliphatic heterocycles. The second-order valence-electron chi connectivity index (χ2n) is 5.51. The second-order valence-corrected chi connectivity index (χ2v) is 5.51. The van der Waals surface area contributed by atoms with Gasteiger partial charge in [-0.15, -0.1) is 0 Å². The van der Waals surface area contributed by atoms with Crippen LogP contribution in [0.5, 0.6) is 5.75 Å². The van der Waals surface area contributed by atoms with Crippen molar-refractivity contribution in [3.63, 3.8) is 0 Å². The fourth-order valence-electron chi connectivity index (χ4n) is 2.65. The summed E-state index contributed by atoms with van der Waals surface area (Å²) in [6, 6.07) is 11.9. The first-order chi connectivity index (χ1) is 11.5. The minimum Gasteiger partial charge on any atom is -0.494 e. The van der Waals surface area contributed by atoms with E-state index in [9.17, 15) is 9.18 Å². The number of carbonyl (C=O) groups is 1. The van der Waals surface area contributed by atoms with Gasteiger partial charge in [-0.05, 0) is 49.6 Å². The summed E-state index contributed by atoms with van der Waals surface area (Å²) in [5.41, 5.74) is 2.22. The van der Waals surface area contributed by atoms with Crippen LogP contribution in [0, 0.1) is 5.82 Å². The topological polar surface area (TPSA) is 49.8 Å². The van der Waals surface area contributed by atoms with E-state index in [4.69, 9.17) is 9.84 Å². The number of hydrogen-bond donors (Lipinski definition) is 1. The maximum atomic E-state index is 13.5. The van der Waals surface area contributed by atoms with Gasteiger partial charge in [0.2, 0.25) is 0 Å².